The Kier molecular flexibility index (Phi) is 5.71. The molecule has 0 bridgehead atoms. The van der Waals surface area contributed by atoms with Gasteiger partial charge in [0.05, 0.1) is 13.2 Å². The van der Waals surface area contributed by atoms with Crippen molar-refractivity contribution in [3.63, 3.8) is 0 Å². The van der Waals surface area contributed by atoms with Crippen molar-refractivity contribution >= 4 is 22.5 Å². The first-order valence-corrected chi connectivity index (χ1v) is 10.2. The second-order valence-electron chi connectivity index (χ2n) is 7.31. The lowest BCUT2D eigenvalue weighted by Crippen LogP contribution is -2.46. The van der Waals surface area contributed by atoms with Gasteiger partial charge in [0, 0.05) is 49.2 Å². The highest BCUT2D eigenvalue weighted by Crippen LogP contribution is 2.33. The van der Waals surface area contributed by atoms with Gasteiger partial charge in [0.15, 0.2) is 5.13 Å². The van der Waals surface area contributed by atoms with E-state index in [0.717, 1.165) is 37.4 Å². The minimum Gasteiger partial charge on any atom is -0.381 e. The van der Waals surface area contributed by atoms with E-state index >= 15 is 0 Å². The monoisotopic (exact) mass is 387 g/mol. The Labute approximate surface area is 163 Å². The Hall–Kier alpha value is -1.96. The molecule has 6 nitrogen and oxygen atoms in total. The van der Waals surface area contributed by atoms with Crippen LogP contribution in [-0.2, 0) is 15.9 Å². The Bertz CT molecular complexity index is 759. The number of amides is 2. The van der Waals surface area contributed by atoms with Gasteiger partial charge in [0.1, 0.15) is 0 Å². The highest BCUT2D eigenvalue weighted by molar-refractivity contribution is 7.15. The largest absolute Gasteiger partial charge is 0.381 e. The molecular weight excluding hydrogens is 362 g/mol. The topological polar surface area (TPSA) is 63.7 Å². The van der Waals surface area contributed by atoms with Crippen molar-refractivity contribution in [3.8, 4) is 0 Å². The maximum absolute atomic E-state index is 12.8. The number of anilines is 1. The number of rotatable bonds is 3. The predicted octanol–water partition coefficient (Wildman–Crippen LogP) is 3.39. The fourth-order valence-electron chi connectivity index (χ4n) is 3.69. The lowest BCUT2D eigenvalue weighted by atomic mass is 9.80. The lowest BCUT2D eigenvalue weighted by Gasteiger charge is -2.38. The molecule has 1 aromatic heterocycles. The van der Waals surface area contributed by atoms with Crippen LogP contribution in [0.1, 0.15) is 23.3 Å². The second-order valence-corrected chi connectivity index (χ2v) is 8.43. The van der Waals surface area contributed by atoms with Crippen LogP contribution in [0.4, 0.5) is 9.93 Å². The number of nitrogens with zero attached hydrogens (tertiary/aromatic N) is 2. The maximum atomic E-state index is 12.8. The molecule has 2 fully saturated rings. The summed E-state index contributed by atoms with van der Waals surface area (Å²) in [4.78, 5) is 20.2. The fraction of sp³-hybridized carbons (Fsp3) is 0.500. The average molecular weight is 388 g/mol. The molecule has 1 spiro atoms. The Morgan fingerprint density at radius 3 is 2.81 bits per heavy atom. The van der Waals surface area contributed by atoms with Gasteiger partial charge in [0.2, 0.25) is 0 Å². The van der Waals surface area contributed by atoms with E-state index in [0.29, 0.717) is 31.4 Å². The number of hydrogen-bond donors (Lipinski definition) is 1. The third kappa shape index (κ3) is 4.66. The molecule has 0 radical (unpaired) electrons. The van der Waals surface area contributed by atoms with Gasteiger partial charge >= 0.3 is 6.03 Å². The fourth-order valence-corrected chi connectivity index (χ4v) is 4.52. The van der Waals surface area contributed by atoms with Crippen molar-refractivity contribution in [2.24, 2.45) is 5.41 Å². The van der Waals surface area contributed by atoms with Gasteiger partial charge in [-0.3, -0.25) is 5.32 Å². The summed E-state index contributed by atoms with van der Waals surface area (Å²) in [6.45, 7) is 4.09. The first-order chi connectivity index (χ1) is 13.2. The molecular formula is C20H25N3O3S. The van der Waals surface area contributed by atoms with Crippen molar-refractivity contribution in [1.29, 1.82) is 0 Å². The number of ether oxygens (including phenoxy) is 2. The van der Waals surface area contributed by atoms with E-state index in [4.69, 9.17) is 9.47 Å². The number of thiazole rings is 1. The highest BCUT2D eigenvalue weighted by Gasteiger charge is 2.38. The van der Waals surface area contributed by atoms with Gasteiger partial charge in [0.25, 0.3) is 0 Å². The first kappa shape index (κ1) is 18.4. The number of carbonyl (C=O) groups excluding carboxylic acids is 1. The SMILES string of the molecule is O=C(Nc1ncc(Cc2ccccc2)s1)N1CCOCC2(CCOCC2)C1. The zero-order chi connectivity index (χ0) is 18.5. The molecule has 7 heteroatoms. The molecule has 27 heavy (non-hydrogen) atoms. The van der Waals surface area contributed by atoms with Gasteiger partial charge in [-0.25, -0.2) is 9.78 Å². The number of urea groups is 1. The molecule has 0 aliphatic carbocycles. The first-order valence-electron chi connectivity index (χ1n) is 9.43. The van der Waals surface area contributed by atoms with E-state index in [9.17, 15) is 4.79 Å². The van der Waals surface area contributed by atoms with Gasteiger partial charge in [-0.15, -0.1) is 11.3 Å². The molecule has 2 aliphatic heterocycles. The molecule has 144 valence electrons. The molecule has 2 amide bonds. The standard InChI is InChI=1S/C20H25N3O3S/c24-19(23-8-11-26-15-20(14-23)6-9-25-10-7-20)22-18-21-13-17(27-18)12-16-4-2-1-3-5-16/h1-5,13H,6-12,14-15H2,(H,21,22,24). The van der Waals surface area contributed by atoms with Gasteiger partial charge in [-0.1, -0.05) is 30.3 Å². The van der Waals surface area contributed by atoms with Crippen molar-refractivity contribution in [3.05, 3.63) is 47.0 Å². The minimum atomic E-state index is -0.0908. The van der Waals surface area contributed by atoms with E-state index < -0.39 is 0 Å². The minimum absolute atomic E-state index is 0.0213. The highest BCUT2D eigenvalue weighted by atomic mass is 32.1. The van der Waals surface area contributed by atoms with Crippen LogP contribution in [0.15, 0.2) is 36.5 Å². The molecule has 0 unspecified atom stereocenters. The number of aromatic nitrogens is 1. The molecule has 2 aliphatic rings. The normalized spacial score (nSPS) is 19.6. The molecule has 4 rings (SSSR count). The second kappa shape index (κ2) is 8.37. The predicted molar refractivity (Wildman–Crippen MR) is 105 cm³/mol. The van der Waals surface area contributed by atoms with Crippen LogP contribution in [0.2, 0.25) is 0 Å². The number of benzene rings is 1. The van der Waals surface area contributed by atoms with Crippen LogP contribution in [0.3, 0.4) is 0 Å². The Morgan fingerprint density at radius 2 is 2.00 bits per heavy atom. The van der Waals surface area contributed by atoms with Gasteiger partial charge in [-0.05, 0) is 18.4 Å². The van der Waals surface area contributed by atoms with Crippen LogP contribution >= 0.6 is 11.3 Å². The quantitative estimate of drug-likeness (QED) is 0.877. The van der Waals surface area contributed by atoms with Crippen molar-refractivity contribution in [1.82, 2.24) is 9.88 Å². The maximum Gasteiger partial charge on any atom is 0.323 e. The van der Waals surface area contributed by atoms with E-state index in [2.05, 4.69) is 22.4 Å². The lowest BCUT2D eigenvalue weighted by molar-refractivity contribution is -0.0292. The summed E-state index contributed by atoms with van der Waals surface area (Å²) in [5, 5.41) is 3.63. The van der Waals surface area contributed by atoms with Crippen LogP contribution in [0.25, 0.3) is 0 Å². The zero-order valence-corrected chi connectivity index (χ0v) is 16.2. The van der Waals surface area contributed by atoms with Crippen LogP contribution in [0, 0.1) is 5.41 Å². The van der Waals surface area contributed by atoms with E-state index in [1.54, 1.807) is 0 Å². The van der Waals surface area contributed by atoms with Crippen LogP contribution in [-0.4, -0.2) is 55.4 Å². The summed E-state index contributed by atoms with van der Waals surface area (Å²) in [5.41, 5.74) is 1.26. The van der Waals surface area contributed by atoms with Gasteiger partial charge < -0.3 is 14.4 Å². The van der Waals surface area contributed by atoms with Crippen molar-refractivity contribution < 1.29 is 14.3 Å². The van der Waals surface area contributed by atoms with Crippen molar-refractivity contribution in [2.75, 3.05) is 44.8 Å². The van der Waals surface area contributed by atoms with Crippen LogP contribution < -0.4 is 5.32 Å². The smallest absolute Gasteiger partial charge is 0.323 e. The Morgan fingerprint density at radius 1 is 1.19 bits per heavy atom. The van der Waals surface area contributed by atoms with Gasteiger partial charge in [-0.2, -0.15) is 0 Å². The van der Waals surface area contributed by atoms with E-state index in [1.807, 2.05) is 29.3 Å². The number of nitrogens with one attached hydrogen (secondary N) is 1. The molecule has 2 saturated heterocycles. The molecule has 2 aromatic rings. The molecule has 0 saturated carbocycles. The van der Waals surface area contributed by atoms with E-state index in [-0.39, 0.29) is 11.4 Å². The molecule has 0 atom stereocenters. The Balaban J connectivity index is 1.38. The third-order valence-electron chi connectivity index (χ3n) is 5.27. The number of carbonyl (C=O) groups is 1. The van der Waals surface area contributed by atoms with Crippen molar-refractivity contribution in [2.45, 2.75) is 19.3 Å². The summed E-state index contributed by atoms with van der Waals surface area (Å²) in [5.74, 6) is 0. The summed E-state index contributed by atoms with van der Waals surface area (Å²) < 4.78 is 11.3. The van der Waals surface area contributed by atoms with Crippen LogP contribution in [0.5, 0.6) is 0 Å². The summed E-state index contributed by atoms with van der Waals surface area (Å²) >= 11 is 1.53. The number of hydrogen-bond acceptors (Lipinski definition) is 5. The molecule has 1 N–H and O–H groups in total. The third-order valence-corrected chi connectivity index (χ3v) is 6.18. The summed E-state index contributed by atoms with van der Waals surface area (Å²) in [6.07, 6.45) is 4.55. The molecule has 1 aromatic carbocycles. The average Bonchev–Trinajstić information content (AvgIpc) is 3.02. The molecule has 3 heterocycles. The summed E-state index contributed by atoms with van der Waals surface area (Å²) in [6, 6.07) is 10.2. The summed E-state index contributed by atoms with van der Waals surface area (Å²) in [7, 11) is 0. The van der Waals surface area contributed by atoms with E-state index in [1.165, 1.54) is 16.9 Å². The zero-order valence-electron chi connectivity index (χ0n) is 15.4.